The molecule has 0 spiro atoms. The molecule has 0 bridgehead atoms. The first-order valence-electron chi connectivity index (χ1n) is 8.28. The molecule has 0 saturated carbocycles. The lowest BCUT2D eigenvalue weighted by molar-refractivity contribution is -0.119. The van der Waals surface area contributed by atoms with Gasteiger partial charge in [-0.1, -0.05) is 30.0 Å². The van der Waals surface area contributed by atoms with Crippen LogP contribution in [0, 0.1) is 19.7 Å². The van der Waals surface area contributed by atoms with E-state index in [1.807, 2.05) is 32.0 Å². The Balaban J connectivity index is 1.57. The summed E-state index contributed by atoms with van der Waals surface area (Å²) in [4.78, 5) is 23.9. The molecule has 3 rings (SSSR count). The van der Waals surface area contributed by atoms with Crippen LogP contribution < -0.4 is 10.9 Å². The van der Waals surface area contributed by atoms with Crippen LogP contribution in [0.2, 0.25) is 0 Å². The van der Waals surface area contributed by atoms with Crippen molar-refractivity contribution in [1.82, 2.24) is 31.1 Å². The molecule has 0 saturated heterocycles. The first-order chi connectivity index (χ1) is 13.5. The molecule has 0 aliphatic carbocycles. The number of carbonyl (C=O) groups excluding carboxylic acids is 2. The highest BCUT2D eigenvalue weighted by molar-refractivity contribution is 7.99. The zero-order valence-corrected chi connectivity index (χ0v) is 16.0. The highest BCUT2D eigenvalue weighted by Gasteiger charge is 2.14. The Kier molecular flexibility index (Phi) is 5.99. The second-order valence-electron chi connectivity index (χ2n) is 5.91. The highest BCUT2D eigenvalue weighted by Crippen LogP contribution is 2.19. The minimum absolute atomic E-state index is 0.0389. The lowest BCUT2D eigenvalue weighted by Gasteiger charge is -2.08. The molecule has 2 N–H and O–H groups in total. The topological polar surface area (TPSA) is 102 Å². The number of benzene rings is 2. The number of tetrazole rings is 1. The van der Waals surface area contributed by atoms with Gasteiger partial charge in [0.15, 0.2) is 0 Å². The second kappa shape index (κ2) is 8.61. The quantitative estimate of drug-likeness (QED) is 0.502. The molecule has 1 heterocycles. The van der Waals surface area contributed by atoms with Gasteiger partial charge in [0, 0.05) is 0 Å². The lowest BCUT2D eigenvalue weighted by atomic mass is 10.1. The van der Waals surface area contributed by atoms with Gasteiger partial charge in [-0.3, -0.25) is 20.4 Å². The number of nitrogens with one attached hydrogen (secondary N) is 2. The van der Waals surface area contributed by atoms with Gasteiger partial charge in [-0.05, 0) is 59.7 Å². The van der Waals surface area contributed by atoms with Crippen LogP contribution in [0.1, 0.15) is 21.5 Å². The number of aromatic nitrogens is 4. The fourth-order valence-corrected chi connectivity index (χ4v) is 2.98. The van der Waals surface area contributed by atoms with Gasteiger partial charge in [-0.25, -0.2) is 4.39 Å². The summed E-state index contributed by atoms with van der Waals surface area (Å²) in [5.74, 6) is -1.93. The van der Waals surface area contributed by atoms with Gasteiger partial charge < -0.3 is 0 Å². The van der Waals surface area contributed by atoms with Crippen molar-refractivity contribution in [2.45, 2.75) is 19.0 Å². The van der Waals surface area contributed by atoms with Gasteiger partial charge in [-0.15, -0.1) is 5.10 Å². The predicted molar refractivity (Wildman–Crippen MR) is 101 cm³/mol. The van der Waals surface area contributed by atoms with Gasteiger partial charge in [-0.2, -0.15) is 4.68 Å². The fourth-order valence-electron chi connectivity index (χ4n) is 2.29. The molecule has 8 nitrogen and oxygen atoms in total. The normalized spacial score (nSPS) is 10.5. The summed E-state index contributed by atoms with van der Waals surface area (Å²) in [6, 6.07) is 11.3. The number of nitrogens with zero attached hydrogens (tertiary/aromatic N) is 4. The summed E-state index contributed by atoms with van der Waals surface area (Å²) >= 11 is 1.11. The van der Waals surface area contributed by atoms with Gasteiger partial charge >= 0.3 is 0 Å². The summed E-state index contributed by atoms with van der Waals surface area (Å²) in [6.07, 6.45) is 0. The first kappa shape index (κ1) is 19.5. The Morgan fingerprint density at radius 2 is 1.89 bits per heavy atom. The van der Waals surface area contributed by atoms with Crippen LogP contribution in [0.4, 0.5) is 4.39 Å². The van der Waals surface area contributed by atoms with Crippen LogP contribution in [0.15, 0.2) is 47.6 Å². The first-order valence-corrected chi connectivity index (χ1v) is 9.27. The van der Waals surface area contributed by atoms with E-state index in [1.54, 1.807) is 0 Å². The molecule has 28 heavy (non-hydrogen) atoms. The predicted octanol–water partition coefficient (Wildman–Crippen LogP) is 1.97. The zero-order chi connectivity index (χ0) is 20.1. The summed E-state index contributed by atoms with van der Waals surface area (Å²) in [5, 5.41) is 11.9. The molecule has 0 unspecified atom stereocenters. The number of hydrazine groups is 1. The van der Waals surface area contributed by atoms with Crippen molar-refractivity contribution in [1.29, 1.82) is 0 Å². The maximum atomic E-state index is 13.6. The fraction of sp³-hybridized carbons (Fsp3) is 0.167. The summed E-state index contributed by atoms with van der Waals surface area (Å²) in [5.41, 5.74) is 7.29. The molecule has 0 radical (unpaired) electrons. The molecule has 0 aliphatic rings. The second-order valence-corrected chi connectivity index (χ2v) is 6.86. The third-order valence-corrected chi connectivity index (χ3v) is 4.86. The number of amides is 2. The van der Waals surface area contributed by atoms with Crippen LogP contribution in [-0.2, 0) is 4.79 Å². The van der Waals surface area contributed by atoms with E-state index < -0.39 is 17.6 Å². The molecule has 1 aromatic heterocycles. The van der Waals surface area contributed by atoms with Crippen molar-refractivity contribution in [2.24, 2.45) is 0 Å². The Bertz CT molecular complexity index is 1020. The van der Waals surface area contributed by atoms with E-state index in [9.17, 15) is 14.0 Å². The van der Waals surface area contributed by atoms with Crippen LogP contribution >= 0.6 is 11.8 Å². The lowest BCUT2D eigenvalue weighted by Crippen LogP contribution is -2.42. The molecule has 144 valence electrons. The SMILES string of the molecule is Cc1ccc(-n2nnnc2SCC(=O)NNC(=O)c2ccccc2F)cc1C. The van der Waals surface area contributed by atoms with E-state index in [0.29, 0.717) is 5.16 Å². The highest BCUT2D eigenvalue weighted by atomic mass is 32.2. The van der Waals surface area contributed by atoms with Gasteiger partial charge in [0.1, 0.15) is 5.82 Å². The number of aryl methyl sites for hydroxylation is 2. The molecule has 0 aliphatic heterocycles. The molecule has 0 atom stereocenters. The van der Waals surface area contributed by atoms with Gasteiger partial charge in [0.25, 0.3) is 5.91 Å². The molecule has 0 fully saturated rings. The van der Waals surface area contributed by atoms with Gasteiger partial charge in [0.05, 0.1) is 17.0 Å². The number of thioether (sulfide) groups is 1. The zero-order valence-electron chi connectivity index (χ0n) is 15.1. The Morgan fingerprint density at radius 1 is 1.11 bits per heavy atom. The number of carbonyl (C=O) groups is 2. The Labute approximate surface area is 164 Å². The molecular weight excluding hydrogens is 383 g/mol. The third-order valence-electron chi connectivity index (χ3n) is 3.94. The molecule has 2 amide bonds. The van der Waals surface area contributed by atoms with Gasteiger partial charge in [0.2, 0.25) is 11.1 Å². The number of rotatable bonds is 5. The van der Waals surface area contributed by atoms with Crippen LogP contribution in [0.3, 0.4) is 0 Å². The molecule has 10 heteroatoms. The average Bonchev–Trinajstić information content (AvgIpc) is 3.15. The van der Waals surface area contributed by atoms with E-state index >= 15 is 0 Å². The minimum Gasteiger partial charge on any atom is -0.272 e. The van der Waals surface area contributed by atoms with E-state index in [2.05, 4.69) is 26.4 Å². The summed E-state index contributed by atoms with van der Waals surface area (Å²) in [6.45, 7) is 4.00. The van der Waals surface area contributed by atoms with E-state index in [1.165, 1.54) is 28.9 Å². The van der Waals surface area contributed by atoms with Crippen molar-refractivity contribution in [3.05, 3.63) is 65.0 Å². The molecular formula is C18H17FN6O2S. The molecule has 3 aromatic rings. The van der Waals surface area contributed by atoms with E-state index in [-0.39, 0.29) is 11.3 Å². The number of hydrogen-bond acceptors (Lipinski definition) is 6. The monoisotopic (exact) mass is 400 g/mol. The maximum absolute atomic E-state index is 13.6. The average molecular weight is 400 g/mol. The smallest absolute Gasteiger partial charge is 0.272 e. The maximum Gasteiger partial charge on any atom is 0.272 e. The van der Waals surface area contributed by atoms with Crippen molar-refractivity contribution < 1.29 is 14.0 Å². The van der Waals surface area contributed by atoms with Crippen LogP contribution in [0.25, 0.3) is 5.69 Å². The largest absolute Gasteiger partial charge is 0.272 e. The van der Waals surface area contributed by atoms with E-state index in [4.69, 9.17) is 0 Å². The van der Waals surface area contributed by atoms with E-state index in [0.717, 1.165) is 28.6 Å². The summed E-state index contributed by atoms with van der Waals surface area (Å²) in [7, 11) is 0. The third kappa shape index (κ3) is 4.52. The number of hydrogen-bond donors (Lipinski definition) is 2. The minimum atomic E-state index is -0.739. The van der Waals surface area contributed by atoms with Crippen molar-refractivity contribution in [3.8, 4) is 5.69 Å². The number of halogens is 1. The summed E-state index contributed by atoms with van der Waals surface area (Å²) < 4.78 is 15.1. The van der Waals surface area contributed by atoms with Crippen molar-refractivity contribution >= 4 is 23.6 Å². The molecule has 2 aromatic carbocycles. The van der Waals surface area contributed by atoms with Crippen LogP contribution in [0.5, 0.6) is 0 Å². The standard InChI is InChI=1S/C18H17FN6O2S/c1-11-7-8-13(9-12(11)2)25-18(22-23-24-25)28-10-16(26)20-21-17(27)14-5-3-4-6-15(14)19/h3-9H,10H2,1-2H3,(H,20,26)(H,21,27). The van der Waals surface area contributed by atoms with Crippen molar-refractivity contribution in [2.75, 3.05) is 5.75 Å². The van der Waals surface area contributed by atoms with Crippen molar-refractivity contribution in [3.63, 3.8) is 0 Å². The Morgan fingerprint density at radius 3 is 2.64 bits per heavy atom. The Hall–Kier alpha value is -3.27. The van der Waals surface area contributed by atoms with Crippen LogP contribution in [-0.4, -0.2) is 37.8 Å².